The summed E-state index contributed by atoms with van der Waals surface area (Å²) in [5, 5.41) is 7.74. The van der Waals surface area contributed by atoms with Crippen molar-refractivity contribution >= 4 is 5.91 Å². The predicted molar refractivity (Wildman–Crippen MR) is 96.0 cm³/mol. The van der Waals surface area contributed by atoms with Crippen molar-refractivity contribution in [1.29, 1.82) is 0 Å². The summed E-state index contributed by atoms with van der Waals surface area (Å²) in [5.74, 6) is 1.22. The summed E-state index contributed by atoms with van der Waals surface area (Å²) in [6.45, 7) is 14.3. The van der Waals surface area contributed by atoms with E-state index in [2.05, 4.69) is 38.2 Å². The van der Waals surface area contributed by atoms with E-state index in [4.69, 9.17) is 4.52 Å². The lowest BCUT2D eigenvalue weighted by Crippen LogP contribution is -2.48. The summed E-state index contributed by atoms with van der Waals surface area (Å²) >= 11 is 0. The number of hydrogen-bond acceptors (Lipinski definition) is 4. The number of rotatable bonds is 5. The first-order valence-corrected chi connectivity index (χ1v) is 9.11. The van der Waals surface area contributed by atoms with Crippen molar-refractivity contribution in [1.82, 2.24) is 15.4 Å². The lowest BCUT2D eigenvalue weighted by molar-refractivity contribution is -0.134. The highest BCUT2D eigenvalue weighted by atomic mass is 16.5. The number of carbonyl (C=O) groups is 1. The number of nitrogens with zero attached hydrogens (tertiary/aromatic N) is 2. The Morgan fingerprint density at radius 2 is 1.96 bits per heavy atom. The molecule has 1 N–H and O–H groups in total. The minimum atomic E-state index is 0.0645. The lowest BCUT2D eigenvalue weighted by Gasteiger charge is -2.35. The van der Waals surface area contributed by atoms with Crippen molar-refractivity contribution in [2.75, 3.05) is 13.1 Å². The molecule has 1 atom stereocenters. The number of amides is 1. The van der Waals surface area contributed by atoms with Crippen LogP contribution in [0.25, 0.3) is 0 Å². The van der Waals surface area contributed by atoms with Gasteiger partial charge < -0.3 is 14.7 Å². The molecule has 1 aliphatic heterocycles. The Morgan fingerprint density at radius 1 is 1.33 bits per heavy atom. The Balaban J connectivity index is 1.77. The van der Waals surface area contributed by atoms with Gasteiger partial charge in [0.25, 0.3) is 0 Å². The Kier molecular flexibility index (Phi) is 6.07. The third-order valence-corrected chi connectivity index (χ3v) is 4.74. The van der Waals surface area contributed by atoms with Crippen molar-refractivity contribution in [3.8, 4) is 0 Å². The molecule has 2 rings (SSSR count). The van der Waals surface area contributed by atoms with Gasteiger partial charge in [-0.05, 0) is 45.4 Å². The van der Waals surface area contributed by atoms with E-state index in [1.807, 2.05) is 18.7 Å². The lowest BCUT2D eigenvalue weighted by atomic mass is 9.91. The van der Waals surface area contributed by atoms with Gasteiger partial charge in [-0.1, -0.05) is 25.9 Å². The second-order valence-electron chi connectivity index (χ2n) is 8.47. The number of nitrogens with one attached hydrogen (secondary N) is 1. The first-order chi connectivity index (χ1) is 11.2. The largest absolute Gasteiger partial charge is 0.361 e. The molecule has 0 saturated carbocycles. The molecule has 0 unspecified atom stereocenters. The number of hydrogen-bond donors (Lipinski definition) is 1. The topological polar surface area (TPSA) is 58.4 Å². The molecule has 0 radical (unpaired) electrons. The Labute approximate surface area is 146 Å². The number of carbonyl (C=O) groups excluding carboxylic acids is 1. The molecule has 5 nitrogen and oxygen atoms in total. The second kappa shape index (κ2) is 7.68. The zero-order valence-corrected chi connectivity index (χ0v) is 16.1. The summed E-state index contributed by atoms with van der Waals surface area (Å²) in [5.41, 5.74) is 2.27. The molecule has 0 bridgehead atoms. The maximum Gasteiger partial charge on any atom is 0.223 e. The molecule has 0 spiro atoms. The van der Waals surface area contributed by atoms with Crippen LogP contribution in [0.5, 0.6) is 0 Å². The highest BCUT2D eigenvalue weighted by Gasteiger charge is 2.26. The van der Waals surface area contributed by atoms with Crippen LogP contribution in [0.4, 0.5) is 0 Å². The number of likely N-dealkylation sites (tertiary alicyclic amines) is 1. The molecule has 1 saturated heterocycles. The maximum atomic E-state index is 12.3. The number of aromatic nitrogens is 1. The van der Waals surface area contributed by atoms with Crippen molar-refractivity contribution < 1.29 is 9.32 Å². The van der Waals surface area contributed by atoms with Crippen LogP contribution >= 0.6 is 0 Å². The van der Waals surface area contributed by atoms with Gasteiger partial charge in [-0.25, -0.2) is 0 Å². The first kappa shape index (κ1) is 19.0. The van der Waals surface area contributed by atoms with Crippen LogP contribution in [0.1, 0.15) is 64.0 Å². The molecular formula is C19H33N3O2. The molecule has 24 heavy (non-hydrogen) atoms. The van der Waals surface area contributed by atoms with Crippen LogP contribution in [0, 0.1) is 19.3 Å². The predicted octanol–water partition coefficient (Wildman–Crippen LogP) is 3.24. The van der Waals surface area contributed by atoms with Crippen LogP contribution in [0.2, 0.25) is 0 Å². The minimum Gasteiger partial charge on any atom is -0.361 e. The molecule has 1 amide bonds. The van der Waals surface area contributed by atoms with E-state index in [1.54, 1.807) is 0 Å². The van der Waals surface area contributed by atoms with Gasteiger partial charge in [-0.15, -0.1) is 0 Å². The van der Waals surface area contributed by atoms with E-state index in [1.165, 1.54) is 5.56 Å². The molecule has 0 aliphatic carbocycles. The summed E-state index contributed by atoms with van der Waals surface area (Å²) < 4.78 is 5.24. The van der Waals surface area contributed by atoms with Crippen molar-refractivity contribution in [3.05, 3.63) is 17.0 Å². The highest BCUT2D eigenvalue weighted by Crippen LogP contribution is 2.22. The van der Waals surface area contributed by atoms with Crippen LogP contribution in [-0.4, -0.2) is 41.1 Å². The third-order valence-electron chi connectivity index (χ3n) is 4.74. The third kappa shape index (κ3) is 5.33. The quantitative estimate of drug-likeness (QED) is 0.897. The molecule has 1 fully saturated rings. The van der Waals surface area contributed by atoms with E-state index in [0.29, 0.717) is 24.4 Å². The Morgan fingerprint density at radius 3 is 2.46 bits per heavy atom. The van der Waals surface area contributed by atoms with Crippen molar-refractivity contribution in [2.45, 2.75) is 79.3 Å². The average Bonchev–Trinajstić information content (AvgIpc) is 2.78. The zero-order valence-electron chi connectivity index (χ0n) is 16.1. The fraction of sp³-hybridized carbons (Fsp3) is 0.789. The molecule has 2 heterocycles. The summed E-state index contributed by atoms with van der Waals surface area (Å²) in [7, 11) is 0. The van der Waals surface area contributed by atoms with E-state index in [0.717, 1.165) is 43.8 Å². The number of aryl methyl sites for hydroxylation is 2. The van der Waals surface area contributed by atoms with Gasteiger partial charge in [0, 0.05) is 37.2 Å². The minimum absolute atomic E-state index is 0.0645. The molecule has 1 aromatic rings. The van der Waals surface area contributed by atoms with Crippen LogP contribution in [0.15, 0.2) is 4.52 Å². The number of piperidine rings is 1. The van der Waals surface area contributed by atoms with Crippen LogP contribution in [0.3, 0.4) is 0 Å². The monoisotopic (exact) mass is 335 g/mol. The van der Waals surface area contributed by atoms with Crippen LogP contribution in [-0.2, 0) is 11.2 Å². The van der Waals surface area contributed by atoms with E-state index in [9.17, 15) is 4.79 Å². The van der Waals surface area contributed by atoms with Gasteiger partial charge in [-0.2, -0.15) is 0 Å². The van der Waals surface area contributed by atoms with Gasteiger partial charge in [0.2, 0.25) is 5.91 Å². The first-order valence-electron chi connectivity index (χ1n) is 9.11. The van der Waals surface area contributed by atoms with Gasteiger partial charge >= 0.3 is 0 Å². The smallest absolute Gasteiger partial charge is 0.223 e. The fourth-order valence-corrected chi connectivity index (χ4v) is 3.42. The summed E-state index contributed by atoms with van der Waals surface area (Å²) in [6, 6.07) is 0.864. The zero-order chi connectivity index (χ0) is 17.9. The van der Waals surface area contributed by atoms with E-state index < -0.39 is 0 Å². The van der Waals surface area contributed by atoms with Gasteiger partial charge in [-0.3, -0.25) is 4.79 Å². The molecule has 5 heteroatoms. The maximum absolute atomic E-state index is 12.3. The Hall–Kier alpha value is -1.36. The van der Waals surface area contributed by atoms with Gasteiger partial charge in [0.15, 0.2) is 0 Å². The normalized spacial score (nSPS) is 18.0. The van der Waals surface area contributed by atoms with Crippen LogP contribution < -0.4 is 5.32 Å². The van der Waals surface area contributed by atoms with Gasteiger partial charge in [0.05, 0.1) is 5.69 Å². The molecule has 0 aromatic carbocycles. The molecule has 136 valence electrons. The van der Waals surface area contributed by atoms with Gasteiger partial charge in [0.1, 0.15) is 5.76 Å². The highest BCUT2D eigenvalue weighted by molar-refractivity contribution is 5.76. The SMILES string of the molecule is Cc1noc(C)c1C[C@@H](C)NC1CCN(C(=O)CC(C)(C)C)CC1. The molecule has 1 aliphatic rings. The van der Waals surface area contributed by atoms with Crippen molar-refractivity contribution in [3.63, 3.8) is 0 Å². The Bertz CT molecular complexity index is 532. The standard InChI is InChI=1S/C19H33N3O2/c1-13(11-17-14(2)21-24-15(17)3)20-16-7-9-22(10-8-16)18(23)12-19(4,5)6/h13,16,20H,7-12H2,1-6H3/t13-/m1/s1. The second-order valence-corrected chi connectivity index (χ2v) is 8.47. The van der Waals surface area contributed by atoms with E-state index in [-0.39, 0.29) is 5.41 Å². The average molecular weight is 335 g/mol. The molecule has 1 aromatic heterocycles. The summed E-state index contributed by atoms with van der Waals surface area (Å²) in [6.07, 6.45) is 3.63. The van der Waals surface area contributed by atoms with Crippen molar-refractivity contribution in [2.24, 2.45) is 5.41 Å². The van der Waals surface area contributed by atoms with E-state index >= 15 is 0 Å². The molecular weight excluding hydrogens is 302 g/mol. The summed E-state index contributed by atoms with van der Waals surface area (Å²) in [4.78, 5) is 14.3. The fourth-order valence-electron chi connectivity index (χ4n) is 3.42.